The number of benzene rings is 2. The average molecular weight is 304 g/mol. The van der Waals surface area contributed by atoms with Crippen LogP contribution in [0.1, 0.15) is 15.9 Å². The molecule has 2 aromatic rings. The summed E-state index contributed by atoms with van der Waals surface area (Å²) in [5, 5.41) is 0.717. The van der Waals surface area contributed by atoms with E-state index in [1.54, 1.807) is 19.2 Å². The highest BCUT2D eigenvalue weighted by molar-refractivity contribution is 6.30. The second-order valence-corrected chi connectivity index (χ2v) is 5.39. The molecule has 0 saturated heterocycles. The van der Waals surface area contributed by atoms with Crippen LogP contribution in [-0.4, -0.2) is 31.4 Å². The van der Waals surface area contributed by atoms with E-state index in [1.165, 1.54) is 0 Å². The van der Waals surface area contributed by atoms with Crippen LogP contribution in [-0.2, 0) is 6.54 Å². The summed E-state index contributed by atoms with van der Waals surface area (Å²) in [4.78, 5) is 14.2. The van der Waals surface area contributed by atoms with Gasteiger partial charge in [0.15, 0.2) is 5.78 Å². The lowest BCUT2D eigenvalue weighted by molar-refractivity contribution is 0.0942. The molecule has 2 rings (SSSR count). The van der Waals surface area contributed by atoms with Crippen molar-refractivity contribution < 1.29 is 9.53 Å². The van der Waals surface area contributed by atoms with E-state index in [4.69, 9.17) is 16.3 Å². The fraction of sp³-hybridized carbons (Fsp3) is 0.235. The molecular formula is C17H18ClNO2. The molecule has 4 heteroatoms. The highest BCUT2D eigenvalue weighted by Crippen LogP contribution is 2.14. The molecule has 0 N–H and O–H groups in total. The molecule has 0 aliphatic heterocycles. The lowest BCUT2D eigenvalue weighted by Gasteiger charge is -2.16. The number of Topliss-reactive ketones (excluding diaryl/α,β-unsaturated/α-hetero) is 1. The molecule has 0 unspecified atom stereocenters. The third kappa shape index (κ3) is 4.59. The number of halogens is 1. The lowest BCUT2D eigenvalue weighted by Crippen LogP contribution is -2.25. The van der Waals surface area contributed by atoms with Gasteiger partial charge in [-0.25, -0.2) is 0 Å². The first-order valence-electron chi connectivity index (χ1n) is 6.68. The quantitative estimate of drug-likeness (QED) is 0.763. The van der Waals surface area contributed by atoms with E-state index in [-0.39, 0.29) is 5.78 Å². The van der Waals surface area contributed by atoms with Crippen molar-refractivity contribution >= 4 is 17.4 Å². The van der Waals surface area contributed by atoms with E-state index >= 15 is 0 Å². The SMILES string of the molecule is COc1cccc(C(=O)CN(C)Cc2ccc(Cl)cc2)c1. The molecule has 0 aliphatic carbocycles. The minimum absolute atomic E-state index is 0.0744. The maximum atomic E-state index is 12.2. The molecule has 0 saturated carbocycles. The molecule has 0 aliphatic rings. The summed E-state index contributed by atoms with van der Waals surface area (Å²) in [6.45, 7) is 1.06. The van der Waals surface area contributed by atoms with Gasteiger partial charge in [0, 0.05) is 17.1 Å². The Hall–Kier alpha value is -1.84. The first-order valence-corrected chi connectivity index (χ1v) is 7.06. The van der Waals surface area contributed by atoms with Crippen LogP contribution in [0.2, 0.25) is 5.02 Å². The average Bonchev–Trinajstić information content (AvgIpc) is 2.49. The molecule has 2 aromatic carbocycles. The van der Waals surface area contributed by atoms with Crippen molar-refractivity contribution in [2.24, 2.45) is 0 Å². The maximum absolute atomic E-state index is 12.2. The molecule has 0 amide bonds. The Morgan fingerprint density at radius 2 is 1.90 bits per heavy atom. The van der Waals surface area contributed by atoms with Gasteiger partial charge in [-0.2, -0.15) is 0 Å². The van der Waals surface area contributed by atoms with E-state index in [1.807, 2.05) is 48.3 Å². The highest BCUT2D eigenvalue weighted by atomic mass is 35.5. The van der Waals surface area contributed by atoms with Crippen LogP contribution in [0, 0.1) is 0 Å². The number of nitrogens with zero attached hydrogens (tertiary/aromatic N) is 1. The normalized spacial score (nSPS) is 10.7. The Morgan fingerprint density at radius 1 is 1.19 bits per heavy atom. The van der Waals surface area contributed by atoms with Crippen molar-refractivity contribution in [1.82, 2.24) is 4.90 Å². The number of hydrogen-bond donors (Lipinski definition) is 0. The van der Waals surface area contributed by atoms with Gasteiger partial charge < -0.3 is 4.74 Å². The number of methoxy groups -OCH3 is 1. The fourth-order valence-electron chi connectivity index (χ4n) is 2.09. The van der Waals surface area contributed by atoms with Crippen LogP contribution >= 0.6 is 11.6 Å². The summed E-state index contributed by atoms with van der Waals surface area (Å²) in [6.07, 6.45) is 0. The monoisotopic (exact) mass is 303 g/mol. The van der Waals surface area contributed by atoms with E-state index in [0.717, 1.165) is 5.56 Å². The molecule has 21 heavy (non-hydrogen) atoms. The molecule has 0 aromatic heterocycles. The molecule has 0 radical (unpaired) electrons. The zero-order chi connectivity index (χ0) is 15.2. The topological polar surface area (TPSA) is 29.5 Å². The van der Waals surface area contributed by atoms with Crippen molar-refractivity contribution in [2.75, 3.05) is 20.7 Å². The van der Waals surface area contributed by atoms with Crippen molar-refractivity contribution in [3.8, 4) is 5.75 Å². The van der Waals surface area contributed by atoms with E-state index in [0.29, 0.717) is 29.4 Å². The zero-order valence-corrected chi connectivity index (χ0v) is 12.9. The van der Waals surface area contributed by atoms with Crippen LogP contribution in [0.15, 0.2) is 48.5 Å². The fourth-order valence-corrected chi connectivity index (χ4v) is 2.22. The highest BCUT2D eigenvalue weighted by Gasteiger charge is 2.10. The van der Waals surface area contributed by atoms with Gasteiger partial charge in [0.05, 0.1) is 13.7 Å². The second kappa shape index (κ2) is 7.25. The van der Waals surface area contributed by atoms with E-state index in [9.17, 15) is 4.79 Å². The number of carbonyl (C=O) groups excluding carboxylic acids is 1. The molecular weight excluding hydrogens is 286 g/mol. The van der Waals surface area contributed by atoms with Gasteiger partial charge in [0.1, 0.15) is 5.75 Å². The van der Waals surface area contributed by atoms with Gasteiger partial charge >= 0.3 is 0 Å². The van der Waals surface area contributed by atoms with Crippen molar-refractivity contribution in [3.63, 3.8) is 0 Å². The molecule has 0 fully saturated rings. The minimum Gasteiger partial charge on any atom is -0.497 e. The number of hydrogen-bond acceptors (Lipinski definition) is 3. The van der Waals surface area contributed by atoms with Gasteiger partial charge in [-0.05, 0) is 36.9 Å². The summed E-state index contributed by atoms with van der Waals surface area (Å²) in [6, 6.07) is 14.9. The Bertz CT molecular complexity index is 610. The Balaban J connectivity index is 1.96. The third-order valence-electron chi connectivity index (χ3n) is 3.17. The van der Waals surface area contributed by atoms with Gasteiger partial charge in [0.25, 0.3) is 0 Å². The molecule has 3 nitrogen and oxygen atoms in total. The van der Waals surface area contributed by atoms with Crippen LogP contribution in [0.4, 0.5) is 0 Å². The van der Waals surface area contributed by atoms with Crippen molar-refractivity contribution in [2.45, 2.75) is 6.54 Å². The lowest BCUT2D eigenvalue weighted by atomic mass is 10.1. The molecule has 0 heterocycles. The molecule has 0 atom stereocenters. The van der Waals surface area contributed by atoms with Crippen LogP contribution < -0.4 is 4.74 Å². The van der Waals surface area contributed by atoms with Gasteiger partial charge in [-0.1, -0.05) is 35.9 Å². The zero-order valence-electron chi connectivity index (χ0n) is 12.2. The van der Waals surface area contributed by atoms with Gasteiger partial charge in [-0.3, -0.25) is 9.69 Å². The van der Waals surface area contributed by atoms with Crippen LogP contribution in [0.25, 0.3) is 0 Å². The van der Waals surface area contributed by atoms with Gasteiger partial charge in [0.2, 0.25) is 0 Å². The Morgan fingerprint density at radius 3 is 2.57 bits per heavy atom. The molecule has 110 valence electrons. The smallest absolute Gasteiger partial charge is 0.176 e. The Kier molecular flexibility index (Phi) is 5.37. The minimum atomic E-state index is 0.0744. The van der Waals surface area contributed by atoms with Crippen LogP contribution in [0.5, 0.6) is 5.75 Å². The second-order valence-electron chi connectivity index (χ2n) is 4.95. The van der Waals surface area contributed by atoms with Gasteiger partial charge in [-0.15, -0.1) is 0 Å². The first kappa shape index (κ1) is 15.5. The van der Waals surface area contributed by atoms with E-state index < -0.39 is 0 Å². The molecule has 0 bridgehead atoms. The number of likely N-dealkylation sites (N-methyl/N-ethyl adjacent to an activating group) is 1. The predicted molar refractivity (Wildman–Crippen MR) is 85.1 cm³/mol. The summed E-state index contributed by atoms with van der Waals surface area (Å²) in [5.74, 6) is 0.770. The van der Waals surface area contributed by atoms with E-state index in [2.05, 4.69) is 0 Å². The third-order valence-corrected chi connectivity index (χ3v) is 3.42. The summed E-state index contributed by atoms with van der Waals surface area (Å²) < 4.78 is 5.14. The number of ketones is 1. The molecule has 0 spiro atoms. The Labute approximate surface area is 130 Å². The van der Waals surface area contributed by atoms with Crippen LogP contribution in [0.3, 0.4) is 0 Å². The summed E-state index contributed by atoms with van der Waals surface area (Å²) in [5.41, 5.74) is 1.79. The van der Waals surface area contributed by atoms with Crippen molar-refractivity contribution in [1.29, 1.82) is 0 Å². The van der Waals surface area contributed by atoms with Crippen molar-refractivity contribution in [3.05, 3.63) is 64.7 Å². The summed E-state index contributed by atoms with van der Waals surface area (Å²) in [7, 11) is 3.52. The number of carbonyl (C=O) groups is 1. The number of rotatable bonds is 6. The predicted octanol–water partition coefficient (Wildman–Crippen LogP) is 3.66. The summed E-state index contributed by atoms with van der Waals surface area (Å²) >= 11 is 5.86. The maximum Gasteiger partial charge on any atom is 0.176 e. The number of ether oxygens (including phenoxy) is 1. The first-order chi connectivity index (χ1) is 10.1. The largest absolute Gasteiger partial charge is 0.497 e. The standard InChI is InChI=1S/C17H18ClNO2/c1-19(11-13-6-8-15(18)9-7-13)12-17(20)14-4-3-5-16(10-14)21-2/h3-10H,11-12H2,1-2H3.